The molecule has 0 radical (unpaired) electrons. The Morgan fingerprint density at radius 3 is 2.54 bits per heavy atom. The lowest BCUT2D eigenvalue weighted by atomic mass is 9.85. The van der Waals surface area contributed by atoms with E-state index in [1.54, 1.807) is 11.8 Å². The van der Waals surface area contributed by atoms with Crippen molar-refractivity contribution in [1.82, 2.24) is 9.47 Å². The topological polar surface area (TPSA) is 37.3 Å². The van der Waals surface area contributed by atoms with E-state index in [2.05, 4.69) is 58.2 Å². The molecule has 1 aliphatic heterocycles. The molecule has 2 heterocycles. The number of anilines is 1. The number of aromatic nitrogens is 1. The van der Waals surface area contributed by atoms with Gasteiger partial charge in [0.1, 0.15) is 0 Å². The van der Waals surface area contributed by atoms with Crippen LogP contribution in [0.3, 0.4) is 0 Å². The fourth-order valence-corrected chi connectivity index (χ4v) is 7.39. The van der Waals surface area contributed by atoms with Crippen molar-refractivity contribution in [3.63, 3.8) is 0 Å². The number of carbonyl (C=O) groups excluding carboxylic acids is 1. The standard InChI is InChI=1S/C32H31Cl2N3OS/c1-21-9-5-7-13-28(21)37-31(38)30(39-32(37)35-24-10-3-2-4-11-24)18-23-20-36(29-14-8-6-12-25(23)29)19-22-15-16-26(33)27(34)17-22/h2-4,6,8,10-12,14-18,20-21,28,32,35H,5,7,9,13,19H2,1H3/b30-18-/t21-,28+,32?/m1/s1. The van der Waals surface area contributed by atoms with E-state index in [0.29, 0.717) is 22.5 Å². The van der Waals surface area contributed by atoms with Gasteiger partial charge in [-0.25, -0.2) is 0 Å². The zero-order valence-electron chi connectivity index (χ0n) is 21.8. The predicted molar refractivity (Wildman–Crippen MR) is 165 cm³/mol. The largest absolute Gasteiger partial charge is 0.356 e. The van der Waals surface area contributed by atoms with Gasteiger partial charge in [0.05, 0.1) is 15.0 Å². The summed E-state index contributed by atoms with van der Waals surface area (Å²) in [6, 6.07) is 24.5. The summed E-state index contributed by atoms with van der Waals surface area (Å²) in [5.74, 6) is 0.601. The first-order valence-corrected chi connectivity index (χ1v) is 15.2. The normalized spacial score (nSPS) is 22.6. The summed E-state index contributed by atoms with van der Waals surface area (Å²) in [5, 5.41) is 5.86. The molecule has 1 saturated heterocycles. The van der Waals surface area contributed by atoms with Crippen LogP contribution in [0, 0.1) is 5.92 Å². The summed E-state index contributed by atoms with van der Waals surface area (Å²) in [6.07, 6.45) is 8.84. The molecule has 6 rings (SSSR count). The average molecular weight is 577 g/mol. The SMILES string of the molecule is C[C@@H]1CCCC[C@@H]1N1C(=O)/C(=C/c2cn(Cc3ccc(Cl)c(Cl)c3)c3ccccc23)SC1Nc1ccccc1. The third kappa shape index (κ3) is 5.45. The molecule has 1 unspecified atom stereocenters. The second-order valence-corrected chi connectivity index (χ2v) is 12.4. The van der Waals surface area contributed by atoms with Crippen LogP contribution in [0.2, 0.25) is 10.0 Å². The van der Waals surface area contributed by atoms with Gasteiger partial charge in [-0.3, -0.25) is 4.79 Å². The maximum atomic E-state index is 14.0. The Morgan fingerprint density at radius 2 is 1.74 bits per heavy atom. The molecular weight excluding hydrogens is 545 g/mol. The van der Waals surface area contributed by atoms with Crippen molar-refractivity contribution in [2.45, 2.75) is 50.7 Å². The lowest BCUT2D eigenvalue weighted by Gasteiger charge is -2.39. The number of nitrogens with one attached hydrogen (secondary N) is 1. The van der Waals surface area contributed by atoms with Crippen LogP contribution < -0.4 is 5.32 Å². The Bertz CT molecular complexity index is 1530. The minimum atomic E-state index is -0.138. The smallest absolute Gasteiger partial charge is 0.262 e. The third-order valence-electron chi connectivity index (χ3n) is 7.87. The number of benzene rings is 3. The summed E-state index contributed by atoms with van der Waals surface area (Å²) in [5.41, 5.74) is 4.11. The summed E-state index contributed by atoms with van der Waals surface area (Å²) < 4.78 is 2.21. The zero-order valence-corrected chi connectivity index (χ0v) is 24.1. The molecule has 2 aliphatic rings. The van der Waals surface area contributed by atoms with Gasteiger partial charge >= 0.3 is 0 Å². The van der Waals surface area contributed by atoms with Crippen molar-refractivity contribution in [2.75, 3.05) is 5.32 Å². The summed E-state index contributed by atoms with van der Waals surface area (Å²) >= 11 is 14.1. The maximum absolute atomic E-state index is 14.0. The molecule has 4 aromatic rings. The fourth-order valence-electron chi connectivity index (χ4n) is 5.86. The molecule has 39 heavy (non-hydrogen) atoms. The van der Waals surface area contributed by atoms with Crippen LogP contribution in [0.4, 0.5) is 5.69 Å². The van der Waals surface area contributed by atoms with Crippen LogP contribution in [0.1, 0.15) is 43.7 Å². The molecule has 7 heteroatoms. The minimum absolute atomic E-state index is 0.119. The molecule has 200 valence electrons. The highest BCUT2D eigenvalue weighted by Gasteiger charge is 2.43. The number of rotatable bonds is 6. The molecule has 1 amide bonds. The van der Waals surface area contributed by atoms with E-state index in [1.807, 2.05) is 48.5 Å². The Hall–Kier alpha value is -2.86. The number of hydrogen-bond donors (Lipinski definition) is 1. The van der Waals surface area contributed by atoms with Crippen molar-refractivity contribution in [2.24, 2.45) is 5.92 Å². The van der Waals surface area contributed by atoms with E-state index in [1.165, 1.54) is 19.3 Å². The Kier molecular flexibility index (Phi) is 7.66. The van der Waals surface area contributed by atoms with Crippen molar-refractivity contribution < 1.29 is 4.79 Å². The summed E-state index contributed by atoms with van der Waals surface area (Å²) in [7, 11) is 0. The summed E-state index contributed by atoms with van der Waals surface area (Å²) in [4.78, 5) is 16.9. The minimum Gasteiger partial charge on any atom is -0.356 e. The van der Waals surface area contributed by atoms with Crippen molar-refractivity contribution in [1.29, 1.82) is 0 Å². The quantitative estimate of drug-likeness (QED) is 0.233. The Morgan fingerprint density at radius 1 is 0.974 bits per heavy atom. The predicted octanol–water partition coefficient (Wildman–Crippen LogP) is 8.89. The van der Waals surface area contributed by atoms with Crippen LogP contribution in [-0.4, -0.2) is 26.9 Å². The first-order valence-electron chi connectivity index (χ1n) is 13.5. The van der Waals surface area contributed by atoms with Gasteiger partial charge in [0.2, 0.25) is 0 Å². The van der Waals surface area contributed by atoms with E-state index in [4.69, 9.17) is 23.2 Å². The number of nitrogens with zero attached hydrogens (tertiary/aromatic N) is 2. The molecule has 1 aliphatic carbocycles. The highest BCUT2D eigenvalue weighted by molar-refractivity contribution is 8.05. The Balaban J connectivity index is 1.35. The van der Waals surface area contributed by atoms with Crippen LogP contribution in [-0.2, 0) is 11.3 Å². The Labute approximate surface area is 244 Å². The second-order valence-electron chi connectivity index (χ2n) is 10.5. The lowest BCUT2D eigenvalue weighted by Crippen LogP contribution is -2.48. The first-order chi connectivity index (χ1) is 19.0. The molecule has 1 aromatic heterocycles. The fraction of sp³-hybridized carbons (Fsp3) is 0.281. The van der Waals surface area contributed by atoms with Crippen LogP contribution in [0.25, 0.3) is 17.0 Å². The highest BCUT2D eigenvalue weighted by Crippen LogP contribution is 2.42. The third-order valence-corrected chi connectivity index (χ3v) is 9.72. The van der Waals surface area contributed by atoms with Gasteiger partial charge in [0.15, 0.2) is 5.50 Å². The monoisotopic (exact) mass is 575 g/mol. The van der Waals surface area contributed by atoms with Crippen LogP contribution >= 0.6 is 35.0 Å². The van der Waals surface area contributed by atoms with E-state index >= 15 is 0 Å². The van der Waals surface area contributed by atoms with Gasteiger partial charge in [-0.15, -0.1) is 0 Å². The molecule has 0 spiro atoms. The van der Waals surface area contributed by atoms with E-state index in [-0.39, 0.29) is 17.4 Å². The maximum Gasteiger partial charge on any atom is 0.262 e. The molecule has 3 atom stereocenters. The van der Waals surface area contributed by atoms with Crippen molar-refractivity contribution in [3.05, 3.63) is 105 Å². The van der Waals surface area contributed by atoms with Crippen molar-refractivity contribution >= 4 is 63.5 Å². The number of halogens is 2. The molecule has 4 nitrogen and oxygen atoms in total. The molecule has 1 saturated carbocycles. The number of carbonyl (C=O) groups is 1. The van der Waals surface area contributed by atoms with Gasteiger partial charge in [0, 0.05) is 40.9 Å². The molecular formula is C32H31Cl2N3OS. The van der Waals surface area contributed by atoms with Gasteiger partial charge < -0.3 is 14.8 Å². The number of para-hydroxylation sites is 2. The molecule has 3 aromatic carbocycles. The number of fused-ring (bicyclic) bond motifs is 1. The molecule has 0 bridgehead atoms. The second kappa shape index (κ2) is 11.3. The summed E-state index contributed by atoms with van der Waals surface area (Å²) in [6.45, 7) is 2.95. The number of amides is 1. The van der Waals surface area contributed by atoms with Gasteiger partial charge in [-0.1, -0.05) is 97.2 Å². The van der Waals surface area contributed by atoms with E-state index in [0.717, 1.165) is 39.0 Å². The van der Waals surface area contributed by atoms with Crippen LogP contribution in [0.15, 0.2) is 83.9 Å². The first kappa shape index (κ1) is 26.4. The van der Waals surface area contributed by atoms with E-state index < -0.39 is 0 Å². The van der Waals surface area contributed by atoms with Crippen molar-refractivity contribution in [3.8, 4) is 0 Å². The van der Waals surface area contributed by atoms with Gasteiger partial charge in [-0.05, 0) is 60.7 Å². The van der Waals surface area contributed by atoms with Gasteiger partial charge in [-0.2, -0.15) is 0 Å². The lowest BCUT2D eigenvalue weighted by molar-refractivity contribution is -0.129. The van der Waals surface area contributed by atoms with Gasteiger partial charge in [0.25, 0.3) is 5.91 Å². The highest BCUT2D eigenvalue weighted by atomic mass is 35.5. The van der Waals surface area contributed by atoms with Crippen LogP contribution in [0.5, 0.6) is 0 Å². The average Bonchev–Trinajstić information content (AvgIpc) is 3.44. The number of hydrogen-bond acceptors (Lipinski definition) is 3. The van der Waals surface area contributed by atoms with E-state index in [9.17, 15) is 4.79 Å². The number of thioether (sulfide) groups is 1. The molecule has 2 fully saturated rings. The molecule has 1 N–H and O–H groups in total. The zero-order chi connectivity index (χ0) is 26.9.